The Kier molecular flexibility index (Phi) is 3.37. The first kappa shape index (κ1) is 14.3. The summed E-state index contributed by atoms with van der Waals surface area (Å²) in [5, 5.41) is 0. The quantitative estimate of drug-likeness (QED) is 0.857. The van der Waals surface area contributed by atoms with Crippen LogP contribution in [-0.4, -0.2) is 6.54 Å². The smallest absolute Gasteiger partial charge is 0.123 e. The van der Waals surface area contributed by atoms with Gasteiger partial charge < -0.3 is 5.73 Å². The molecule has 0 radical (unpaired) electrons. The van der Waals surface area contributed by atoms with Crippen molar-refractivity contribution < 1.29 is 4.39 Å². The molecule has 21 heavy (non-hydrogen) atoms. The lowest BCUT2D eigenvalue weighted by Crippen LogP contribution is -2.12. The van der Waals surface area contributed by atoms with Gasteiger partial charge in [0.25, 0.3) is 0 Å². The largest absolute Gasteiger partial charge is 0.330 e. The van der Waals surface area contributed by atoms with Gasteiger partial charge in [-0.15, -0.1) is 0 Å². The van der Waals surface area contributed by atoms with E-state index in [0.717, 1.165) is 17.5 Å². The molecule has 0 aromatic heterocycles. The molecule has 0 bridgehead atoms. The highest BCUT2D eigenvalue weighted by Gasteiger charge is 2.29. The van der Waals surface area contributed by atoms with Crippen LogP contribution in [0.3, 0.4) is 0 Å². The van der Waals surface area contributed by atoms with E-state index in [1.54, 1.807) is 12.1 Å². The van der Waals surface area contributed by atoms with Crippen LogP contribution >= 0.6 is 0 Å². The number of benzene rings is 2. The fourth-order valence-corrected chi connectivity index (χ4v) is 3.28. The summed E-state index contributed by atoms with van der Waals surface area (Å²) in [7, 11) is 0. The molecule has 1 aliphatic carbocycles. The predicted octanol–water partition coefficient (Wildman–Crippen LogP) is 4.58. The van der Waals surface area contributed by atoms with Crippen LogP contribution < -0.4 is 5.73 Å². The Morgan fingerprint density at radius 3 is 2.24 bits per heavy atom. The van der Waals surface area contributed by atoms with E-state index in [9.17, 15) is 4.39 Å². The Bertz CT molecular complexity index is 682. The lowest BCUT2D eigenvalue weighted by atomic mass is 9.83. The third-order valence-electron chi connectivity index (χ3n) is 4.43. The predicted molar refractivity (Wildman–Crippen MR) is 86.1 cm³/mol. The maximum Gasteiger partial charge on any atom is 0.123 e. The molecule has 0 saturated heterocycles. The summed E-state index contributed by atoms with van der Waals surface area (Å²) in [5.74, 6) is 0.0534. The molecule has 1 nitrogen and oxygen atoms in total. The third kappa shape index (κ3) is 2.38. The van der Waals surface area contributed by atoms with Crippen LogP contribution in [0.1, 0.15) is 49.8 Å². The zero-order valence-electron chi connectivity index (χ0n) is 12.9. The molecule has 0 amide bonds. The van der Waals surface area contributed by atoms with Gasteiger partial charge in [0.1, 0.15) is 5.82 Å². The van der Waals surface area contributed by atoms with Gasteiger partial charge in [0.15, 0.2) is 0 Å². The number of hydrogen-bond donors (Lipinski definition) is 1. The van der Waals surface area contributed by atoms with Gasteiger partial charge in [-0.3, -0.25) is 0 Å². The molecule has 0 saturated carbocycles. The second kappa shape index (κ2) is 4.96. The van der Waals surface area contributed by atoms with E-state index in [4.69, 9.17) is 5.73 Å². The van der Waals surface area contributed by atoms with E-state index in [-0.39, 0.29) is 17.2 Å². The van der Waals surface area contributed by atoms with E-state index in [2.05, 4.69) is 39.0 Å². The molecule has 0 spiro atoms. The molecule has 2 heteroatoms. The molecule has 0 aliphatic heterocycles. The van der Waals surface area contributed by atoms with Crippen LogP contribution in [0.15, 0.2) is 36.4 Å². The zero-order valence-corrected chi connectivity index (χ0v) is 12.9. The van der Waals surface area contributed by atoms with Crippen molar-refractivity contribution >= 4 is 0 Å². The Hall–Kier alpha value is -1.67. The van der Waals surface area contributed by atoms with Crippen molar-refractivity contribution in [2.45, 2.75) is 38.5 Å². The fraction of sp³-hybridized carbons (Fsp3) is 0.368. The molecule has 3 rings (SSSR count). The lowest BCUT2D eigenvalue weighted by Gasteiger charge is -2.21. The Morgan fingerprint density at radius 1 is 1.00 bits per heavy atom. The Labute approximate surface area is 126 Å². The number of hydrogen-bond acceptors (Lipinski definition) is 1. The van der Waals surface area contributed by atoms with Crippen LogP contribution in [0, 0.1) is 5.82 Å². The summed E-state index contributed by atoms with van der Waals surface area (Å²) in [6.45, 7) is 7.26. The summed E-state index contributed by atoms with van der Waals surface area (Å²) in [5.41, 5.74) is 12.0. The average molecular weight is 283 g/mol. The second-order valence-electron chi connectivity index (χ2n) is 6.91. The number of halogens is 1. The molecule has 0 heterocycles. The summed E-state index contributed by atoms with van der Waals surface area (Å²) in [6.07, 6.45) is 0.858. The van der Waals surface area contributed by atoms with Gasteiger partial charge in [0.2, 0.25) is 0 Å². The van der Waals surface area contributed by atoms with Gasteiger partial charge in [-0.05, 0) is 58.3 Å². The van der Waals surface area contributed by atoms with Crippen molar-refractivity contribution in [3.05, 3.63) is 58.9 Å². The Balaban J connectivity index is 2.18. The molecule has 2 aromatic carbocycles. The maximum atomic E-state index is 13.6. The second-order valence-corrected chi connectivity index (χ2v) is 6.91. The van der Waals surface area contributed by atoms with Crippen LogP contribution in [0.4, 0.5) is 4.39 Å². The highest BCUT2D eigenvalue weighted by molar-refractivity contribution is 5.79. The van der Waals surface area contributed by atoms with E-state index >= 15 is 0 Å². The summed E-state index contributed by atoms with van der Waals surface area (Å²) in [6, 6.07) is 11.8. The highest BCUT2D eigenvalue weighted by atomic mass is 19.1. The molecule has 110 valence electrons. The molecular formula is C19H22FN. The van der Waals surface area contributed by atoms with Gasteiger partial charge in [-0.1, -0.05) is 45.0 Å². The van der Waals surface area contributed by atoms with Crippen molar-refractivity contribution in [2.24, 2.45) is 5.73 Å². The first-order valence-corrected chi connectivity index (χ1v) is 7.56. The molecule has 0 fully saturated rings. The lowest BCUT2D eigenvalue weighted by molar-refractivity contribution is 0.588. The number of rotatable bonds is 2. The van der Waals surface area contributed by atoms with E-state index in [0.29, 0.717) is 6.54 Å². The van der Waals surface area contributed by atoms with E-state index < -0.39 is 0 Å². The summed E-state index contributed by atoms with van der Waals surface area (Å²) >= 11 is 0. The van der Waals surface area contributed by atoms with Crippen molar-refractivity contribution in [3.8, 4) is 11.1 Å². The van der Waals surface area contributed by atoms with Crippen LogP contribution in [0.2, 0.25) is 0 Å². The van der Waals surface area contributed by atoms with Gasteiger partial charge in [-0.2, -0.15) is 0 Å². The SMILES string of the molecule is CC(C)(C)c1ccc2c(c1)C(CCN)c1cc(F)ccc1-2. The van der Waals surface area contributed by atoms with Crippen LogP contribution in [-0.2, 0) is 5.41 Å². The number of nitrogens with two attached hydrogens (primary N) is 1. The average Bonchev–Trinajstić information content (AvgIpc) is 2.72. The van der Waals surface area contributed by atoms with Crippen molar-refractivity contribution in [3.63, 3.8) is 0 Å². The zero-order chi connectivity index (χ0) is 15.2. The molecule has 1 unspecified atom stereocenters. The monoisotopic (exact) mass is 283 g/mol. The van der Waals surface area contributed by atoms with Gasteiger partial charge >= 0.3 is 0 Å². The maximum absolute atomic E-state index is 13.6. The van der Waals surface area contributed by atoms with Crippen LogP contribution in [0.5, 0.6) is 0 Å². The first-order chi connectivity index (χ1) is 9.91. The van der Waals surface area contributed by atoms with E-state index in [1.807, 2.05) is 6.07 Å². The van der Waals surface area contributed by atoms with Crippen molar-refractivity contribution in [1.82, 2.24) is 0 Å². The topological polar surface area (TPSA) is 26.0 Å². The normalized spacial score (nSPS) is 16.7. The van der Waals surface area contributed by atoms with Gasteiger partial charge in [0.05, 0.1) is 0 Å². The van der Waals surface area contributed by atoms with Crippen LogP contribution in [0.25, 0.3) is 11.1 Å². The third-order valence-corrected chi connectivity index (χ3v) is 4.43. The summed E-state index contributed by atoms with van der Waals surface area (Å²) in [4.78, 5) is 0. The first-order valence-electron chi connectivity index (χ1n) is 7.56. The molecule has 1 aliphatic rings. The highest BCUT2D eigenvalue weighted by Crippen LogP contribution is 2.47. The molecular weight excluding hydrogens is 261 g/mol. The minimum Gasteiger partial charge on any atom is -0.330 e. The molecule has 2 N–H and O–H groups in total. The van der Waals surface area contributed by atoms with E-state index in [1.165, 1.54) is 16.7 Å². The Morgan fingerprint density at radius 2 is 1.62 bits per heavy atom. The van der Waals surface area contributed by atoms with Crippen molar-refractivity contribution in [1.29, 1.82) is 0 Å². The van der Waals surface area contributed by atoms with Gasteiger partial charge in [0, 0.05) is 5.92 Å². The minimum absolute atomic E-state index is 0.113. The molecule has 2 aromatic rings. The minimum atomic E-state index is -0.167. The van der Waals surface area contributed by atoms with Gasteiger partial charge in [-0.25, -0.2) is 4.39 Å². The number of fused-ring (bicyclic) bond motifs is 3. The summed E-state index contributed by atoms with van der Waals surface area (Å²) < 4.78 is 13.6. The standard InChI is InChI=1S/C19H22FN/c1-19(2,3)12-4-6-14-15-7-5-13(20)11-18(15)16(8-9-21)17(14)10-12/h4-7,10-11,16H,8-9,21H2,1-3H3. The molecule has 1 atom stereocenters. The van der Waals surface area contributed by atoms with Crippen molar-refractivity contribution in [2.75, 3.05) is 6.54 Å². The fourth-order valence-electron chi connectivity index (χ4n) is 3.28.